The summed E-state index contributed by atoms with van der Waals surface area (Å²) in [5.41, 5.74) is 11.2. The van der Waals surface area contributed by atoms with Crippen LogP contribution in [0.1, 0.15) is 17.5 Å². The second-order valence-corrected chi connectivity index (χ2v) is 7.39. The Morgan fingerprint density at radius 2 is 2.04 bits per heavy atom. The van der Waals surface area contributed by atoms with Crippen LogP contribution in [0.5, 0.6) is 11.5 Å². The van der Waals surface area contributed by atoms with E-state index in [1.807, 2.05) is 12.1 Å². The lowest BCUT2D eigenvalue weighted by Gasteiger charge is -2.56. The lowest BCUT2D eigenvalue weighted by molar-refractivity contribution is -0.0453. The van der Waals surface area contributed by atoms with Gasteiger partial charge in [-0.3, -0.25) is 5.41 Å². The number of likely N-dealkylation sites (tertiary alicyclic amines) is 1. The van der Waals surface area contributed by atoms with Crippen molar-refractivity contribution in [3.05, 3.63) is 35.4 Å². The number of hydrogen-bond acceptors (Lipinski definition) is 5. The highest BCUT2D eigenvalue weighted by atomic mass is 35.5. The van der Waals surface area contributed by atoms with Gasteiger partial charge in [0, 0.05) is 22.9 Å². The molecule has 2 bridgehead atoms. The fraction of sp³-hybridized carbons (Fsp3) is 0.500. The highest BCUT2D eigenvalue weighted by Gasteiger charge is 2.64. The Balaban J connectivity index is 0.000000360. The molecular formula is C18H25ClN4O3. The Morgan fingerprint density at radius 3 is 2.73 bits per heavy atom. The van der Waals surface area contributed by atoms with Crippen molar-refractivity contribution in [2.45, 2.75) is 36.5 Å². The van der Waals surface area contributed by atoms with Gasteiger partial charge in [0.1, 0.15) is 12.2 Å². The van der Waals surface area contributed by atoms with E-state index in [0.29, 0.717) is 17.7 Å². The van der Waals surface area contributed by atoms with Crippen molar-refractivity contribution in [2.75, 3.05) is 13.6 Å². The van der Waals surface area contributed by atoms with Gasteiger partial charge in [0.05, 0.1) is 0 Å². The number of phenols is 1. The summed E-state index contributed by atoms with van der Waals surface area (Å²) in [4.78, 5) is 2.43. The van der Waals surface area contributed by atoms with Crippen LogP contribution in [0.3, 0.4) is 0 Å². The largest absolute Gasteiger partial charge is 0.504 e. The number of aromatic hydroxyl groups is 1. The lowest BCUT2D eigenvalue weighted by Crippen LogP contribution is -2.64. The Bertz CT molecular complexity index is 767. The van der Waals surface area contributed by atoms with Crippen molar-refractivity contribution < 1.29 is 14.9 Å². The van der Waals surface area contributed by atoms with E-state index in [2.05, 4.69) is 29.5 Å². The summed E-state index contributed by atoms with van der Waals surface area (Å²) in [5.74, 6) is 0.856. The highest BCUT2D eigenvalue weighted by molar-refractivity contribution is 5.85. The van der Waals surface area contributed by atoms with Crippen LogP contribution in [-0.2, 0) is 11.8 Å². The molecule has 0 aromatic heterocycles. The molecule has 2 heterocycles. The quantitative estimate of drug-likeness (QED) is 0.252. The number of nitrogens with one attached hydrogen (secondary N) is 1. The summed E-state index contributed by atoms with van der Waals surface area (Å²) < 4.78 is 6.09. The van der Waals surface area contributed by atoms with Gasteiger partial charge in [-0.1, -0.05) is 18.2 Å². The van der Waals surface area contributed by atoms with E-state index in [4.69, 9.17) is 10.1 Å². The van der Waals surface area contributed by atoms with Crippen molar-refractivity contribution in [1.29, 1.82) is 5.41 Å². The fourth-order valence-electron chi connectivity index (χ4n) is 5.24. The molecule has 7 N–H and O–H groups in total. The minimum atomic E-state index is -0.594. The van der Waals surface area contributed by atoms with Crippen molar-refractivity contribution >= 4 is 18.4 Å². The van der Waals surface area contributed by atoms with E-state index >= 15 is 0 Å². The van der Waals surface area contributed by atoms with E-state index in [1.165, 1.54) is 11.1 Å². The molecule has 1 aromatic rings. The van der Waals surface area contributed by atoms with Gasteiger partial charge >= 0.3 is 0 Å². The second kappa shape index (κ2) is 6.33. The third kappa shape index (κ3) is 2.38. The molecule has 7 nitrogen and oxygen atoms in total. The predicted molar refractivity (Wildman–Crippen MR) is 101 cm³/mol. The molecule has 1 aromatic carbocycles. The lowest BCUT2D eigenvalue weighted by atomic mass is 9.53. The van der Waals surface area contributed by atoms with E-state index in [1.54, 1.807) is 6.07 Å². The molecule has 26 heavy (non-hydrogen) atoms. The molecule has 1 saturated heterocycles. The first kappa shape index (κ1) is 18.8. The minimum Gasteiger partial charge on any atom is -0.504 e. The van der Waals surface area contributed by atoms with Crippen LogP contribution in [0.15, 0.2) is 24.3 Å². The first-order valence-electron chi connectivity index (χ1n) is 8.54. The molecule has 0 radical (unpaired) electrons. The van der Waals surface area contributed by atoms with Crippen LogP contribution in [0, 0.1) is 11.3 Å². The third-order valence-electron chi connectivity index (χ3n) is 6.15. The zero-order chi connectivity index (χ0) is 17.9. The van der Waals surface area contributed by atoms with E-state index in [-0.39, 0.29) is 35.6 Å². The Morgan fingerprint density at radius 1 is 1.35 bits per heavy atom. The van der Waals surface area contributed by atoms with Gasteiger partial charge in [0.15, 0.2) is 17.5 Å². The number of aliphatic hydroxyl groups excluding tert-OH is 1. The van der Waals surface area contributed by atoms with Crippen molar-refractivity contribution in [2.24, 2.45) is 17.4 Å². The van der Waals surface area contributed by atoms with Crippen molar-refractivity contribution in [1.82, 2.24) is 4.90 Å². The van der Waals surface area contributed by atoms with Crippen LogP contribution in [0.4, 0.5) is 0 Å². The summed E-state index contributed by atoms with van der Waals surface area (Å²) in [6.07, 6.45) is 5.18. The van der Waals surface area contributed by atoms with Gasteiger partial charge in [0.2, 0.25) is 0 Å². The molecule has 5 rings (SSSR count). The summed E-state index contributed by atoms with van der Waals surface area (Å²) in [5, 5.41) is 26.7. The predicted octanol–water partition coefficient (Wildman–Crippen LogP) is 0.458. The Hall–Kier alpha value is -1.96. The molecular weight excluding hydrogens is 356 g/mol. The number of phenolic OH excluding ortho intramolecular Hbond substituents is 1. The normalized spacial score (nSPS) is 35.3. The highest BCUT2D eigenvalue weighted by Crippen LogP contribution is 2.62. The number of ether oxygens (including phenoxy) is 1. The van der Waals surface area contributed by atoms with Crippen LogP contribution in [-0.4, -0.2) is 52.9 Å². The molecule has 1 spiro atoms. The molecule has 2 aliphatic heterocycles. The first-order chi connectivity index (χ1) is 11.9. The number of hydrogen-bond donors (Lipinski definition) is 5. The molecule has 0 unspecified atom stereocenters. The molecule has 142 valence electrons. The second-order valence-electron chi connectivity index (χ2n) is 7.39. The van der Waals surface area contributed by atoms with Crippen molar-refractivity contribution in [3.8, 4) is 11.5 Å². The van der Waals surface area contributed by atoms with Crippen LogP contribution in [0.25, 0.3) is 0 Å². The summed E-state index contributed by atoms with van der Waals surface area (Å²) in [7, 11) is 2.19. The van der Waals surface area contributed by atoms with Crippen molar-refractivity contribution in [3.63, 3.8) is 0 Å². The zero-order valence-corrected chi connectivity index (χ0v) is 15.4. The molecule has 0 saturated carbocycles. The number of likely N-dealkylation sites (N-methyl/N-ethyl adjacent to an activating group) is 1. The number of guanidine groups is 1. The van der Waals surface area contributed by atoms with Gasteiger partial charge in [0.25, 0.3) is 0 Å². The molecule has 8 heteroatoms. The summed E-state index contributed by atoms with van der Waals surface area (Å²) in [6.45, 7) is 1.01. The maximum Gasteiger partial charge on any atom is 0.183 e. The number of halogens is 1. The van der Waals surface area contributed by atoms with Gasteiger partial charge in [-0.15, -0.1) is 12.4 Å². The monoisotopic (exact) mass is 380 g/mol. The van der Waals surface area contributed by atoms with E-state index in [9.17, 15) is 10.2 Å². The summed E-state index contributed by atoms with van der Waals surface area (Å²) in [6, 6.07) is 4.23. The average molecular weight is 381 g/mol. The molecule has 1 fully saturated rings. The van der Waals surface area contributed by atoms with E-state index in [0.717, 1.165) is 19.4 Å². The Labute approximate surface area is 158 Å². The third-order valence-corrected chi connectivity index (χ3v) is 6.15. The summed E-state index contributed by atoms with van der Waals surface area (Å²) >= 11 is 0. The zero-order valence-electron chi connectivity index (χ0n) is 14.6. The van der Waals surface area contributed by atoms with Gasteiger partial charge in [-0.25, -0.2) is 0 Å². The van der Waals surface area contributed by atoms with Crippen LogP contribution < -0.4 is 16.2 Å². The number of piperidine rings is 1. The topological polar surface area (TPSA) is 129 Å². The van der Waals surface area contributed by atoms with E-state index < -0.39 is 6.10 Å². The number of nitrogens with zero attached hydrogens (tertiary/aromatic N) is 1. The Kier molecular flexibility index (Phi) is 4.58. The fourth-order valence-corrected chi connectivity index (χ4v) is 5.24. The van der Waals surface area contributed by atoms with Gasteiger partial charge in [-0.05, 0) is 38.1 Å². The van der Waals surface area contributed by atoms with Gasteiger partial charge < -0.3 is 31.3 Å². The molecule has 4 aliphatic rings. The number of nitrogens with two attached hydrogens (primary N) is 2. The number of rotatable bonds is 0. The van der Waals surface area contributed by atoms with Crippen LogP contribution >= 0.6 is 12.4 Å². The maximum atomic E-state index is 10.4. The van der Waals surface area contributed by atoms with Crippen LogP contribution in [0.2, 0.25) is 0 Å². The molecule has 2 aliphatic carbocycles. The smallest absolute Gasteiger partial charge is 0.183 e. The first-order valence-corrected chi connectivity index (χ1v) is 8.54. The maximum absolute atomic E-state index is 10.4. The van der Waals surface area contributed by atoms with Gasteiger partial charge in [-0.2, -0.15) is 0 Å². The minimum absolute atomic E-state index is 0. The standard InChI is InChI=1S/C17H19NO3.CH5N3.ClH/c1-18-7-6-17-10-3-5-13(20)16(17)21-15-12(19)4-2-9(14(15)17)8-11(10)18;2-1(3)4;/h2-5,10-11,13,16,19-20H,6-8H2,1H3;(H5,2,3,4);1H/t10-,11+,13-,16-,17-;;/m0../s1. The average Bonchev–Trinajstić information content (AvgIpc) is 2.90. The molecule has 5 atom stereocenters. The number of aliphatic hydroxyl groups is 1. The SMILES string of the molecule is CN1CC[C@]23c4c5ccc(O)c4O[C@H]2[C@@H](O)C=C[C@H]3[C@H]1C5.Cl.N=C(N)N. The number of benzene rings is 1. The molecule has 0 amide bonds.